The highest BCUT2D eigenvalue weighted by molar-refractivity contribution is 5.93. The Bertz CT molecular complexity index is 763. The zero-order valence-corrected chi connectivity index (χ0v) is 16.1. The molecule has 0 N–H and O–H groups in total. The first-order valence-electron chi connectivity index (χ1n) is 10.0. The van der Waals surface area contributed by atoms with Gasteiger partial charge in [0.15, 0.2) is 0 Å². The number of carbonyl (C=O) groups excluding carboxylic acids is 1. The smallest absolute Gasteiger partial charge is 0.272 e. The van der Waals surface area contributed by atoms with Crippen LogP contribution in [0.1, 0.15) is 30.3 Å². The molecule has 0 unspecified atom stereocenters. The first-order chi connectivity index (χ1) is 13.2. The number of para-hydroxylation sites is 1. The molecule has 2 fully saturated rings. The van der Waals surface area contributed by atoms with E-state index >= 15 is 0 Å². The van der Waals surface area contributed by atoms with Gasteiger partial charge in [0, 0.05) is 56.8 Å². The van der Waals surface area contributed by atoms with Gasteiger partial charge in [0.2, 0.25) is 0 Å². The zero-order valence-electron chi connectivity index (χ0n) is 16.1. The molecule has 0 saturated carbocycles. The van der Waals surface area contributed by atoms with E-state index in [0.717, 1.165) is 50.9 Å². The van der Waals surface area contributed by atoms with Gasteiger partial charge in [0.1, 0.15) is 5.69 Å². The van der Waals surface area contributed by atoms with Gasteiger partial charge in [-0.1, -0.05) is 25.1 Å². The summed E-state index contributed by atoms with van der Waals surface area (Å²) in [4.78, 5) is 24.0. The van der Waals surface area contributed by atoms with E-state index in [1.165, 1.54) is 18.5 Å². The molecule has 1 amide bonds. The molecule has 2 aliphatic heterocycles. The van der Waals surface area contributed by atoms with E-state index in [1.54, 1.807) is 6.20 Å². The number of rotatable bonds is 3. The highest BCUT2D eigenvalue weighted by Gasteiger charge is 2.24. The molecule has 2 aliphatic rings. The number of aromatic nitrogens is 1. The van der Waals surface area contributed by atoms with Crippen LogP contribution in [-0.4, -0.2) is 55.1 Å². The van der Waals surface area contributed by atoms with Gasteiger partial charge in [-0.2, -0.15) is 0 Å². The third-order valence-electron chi connectivity index (χ3n) is 5.80. The molecule has 1 aromatic carbocycles. The number of carbonyl (C=O) groups is 1. The van der Waals surface area contributed by atoms with Gasteiger partial charge in [-0.05, 0) is 43.0 Å². The number of hydrogen-bond acceptors (Lipinski definition) is 4. The predicted octanol–water partition coefficient (Wildman–Crippen LogP) is 3.28. The second kappa shape index (κ2) is 7.99. The van der Waals surface area contributed by atoms with E-state index in [-0.39, 0.29) is 5.91 Å². The third kappa shape index (κ3) is 4.07. The van der Waals surface area contributed by atoms with Crippen LogP contribution in [-0.2, 0) is 0 Å². The van der Waals surface area contributed by atoms with Gasteiger partial charge in [0.05, 0.1) is 0 Å². The summed E-state index contributed by atoms with van der Waals surface area (Å²) in [6.45, 7) is 7.64. The van der Waals surface area contributed by atoms with Crippen molar-refractivity contribution in [3.63, 3.8) is 0 Å². The first-order valence-corrected chi connectivity index (χ1v) is 10.0. The van der Waals surface area contributed by atoms with Crippen molar-refractivity contribution in [2.75, 3.05) is 49.1 Å². The van der Waals surface area contributed by atoms with Gasteiger partial charge in [-0.25, -0.2) is 0 Å². The molecule has 0 radical (unpaired) electrons. The lowest BCUT2D eigenvalue weighted by atomic mass is 9.99. The van der Waals surface area contributed by atoms with Crippen LogP contribution in [0.3, 0.4) is 0 Å². The molecular weight excluding hydrogens is 336 g/mol. The fourth-order valence-corrected chi connectivity index (χ4v) is 3.97. The summed E-state index contributed by atoms with van der Waals surface area (Å²) in [5.41, 5.74) is 2.92. The average Bonchev–Trinajstić information content (AvgIpc) is 2.75. The highest BCUT2D eigenvalue weighted by atomic mass is 16.2. The minimum atomic E-state index is 0.0509. The molecule has 5 nitrogen and oxygen atoms in total. The lowest BCUT2D eigenvalue weighted by Crippen LogP contribution is -2.49. The van der Waals surface area contributed by atoms with Crippen molar-refractivity contribution in [2.24, 2.45) is 5.92 Å². The maximum Gasteiger partial charge on any atom is 0.272 e. The summed E-state index contributed by atoms with van der Waals surface area (Å²) < 4.78 is 0. The second-order valence-corrected chi connectivity index (χ2v) is 7.68. The fourth-order valence-electron chi connectivity index (χ4n) is 3.97. The van der Waals surface area contributed by atoms with Crippen LogP contribution in [0.4, 0.5) is 11.4 Å². The van der Waals surface area contributed by atoms with Crippen molar-refractivity contribution < 1.29 is 4.79 Å². The van der Waals surface area contributed by atoms with Crippen LogP contribution in [0.2, 0.25) is 0 Å². The Balaban J connectivity index is 1.39. The number of piperidine rings is 1. The van der Waals surface area contributed by atoms with Crippen LogP contribution in [0, 0.1) is 5.92 Å². The summed E-state index contributed by atoms with van der Waals surface area (Å²) >= 11 is 0. The topological polar surface area (TPSA) is 39.7 Å². The van der Waals surface area contributed by atoms with Crippen LogP contribution < -0.4 is 9.80 Å². The molecule has 27 heavy (non-hydrogen) atoms. The highest BCUT2D eigenvalue weighted by Crippen LogP contribution is 2.24. The lowest BCUT2D eigenvalue weighted by molar-refractivity contribution is 0.0741. The Kier molecular flexibility index (Phi) is 5.28. The summed E-state index contributed by atoms with van der Waals surface area (Å²) in [5.74, 6) is 0.847. The standard InChI is InChI=1S/C22H28N4O/c1-18-8-11-24(12-9-18)20-7-10-23-21(17-20)22(27)26-15-13-25(14-16-26)19-5-3-2-4-6-19/h2-7,10,17-18H,8-9,11-16H2,1H3. The van der Waals surface area contributed by atoms with E-state index in [2.05, 4.69) is 46.0 Å². The van der Waals surface area contributed by atoms with Crippen molar-refractivity contribution in [2.45, 2.75) is 19.8 Å². The number of hydrogen-bond donors (Lipinski definition) is 0. The molecule has 142 valence electrons. The van der Waals surface area contributed by atoms with Crippen LogP contribution in [0.25, 0.3) is 0 Å². The summed E-state index contributed by atoms with van der Waals surface area (Å²) in [6.07, 6.45) is 4.21. The number of amides is 1. The van der Waals surface area contributed by atoms with Crippen molar-refractivity contribution in [1.29, 1.82) is 0 Å². The Morgan fingerprint density at radius 1 is 0.889 bits per heavy atom. The maximum atomic E-state index is 13.0. The molecular formula is C22H28N4O. The molecule has 3 heterocycles. The predicted molar refractivity (Wildman–Crippen MR) is 109 cm³/mol. The molecule has 5 heteroatoms. The minimum Gasteiger partial charge on any atom is -0.371 e. The van der Waals surface area contributed by atoms with Gasteiger partial charge in [-0.15, -0.1) is 0 Å². The molecule has 2 aromatic rings. The number of pyridine rings is 1. The first kappa shape index (κ1) is 17.8. The Morgan fingerprint density at radius 3 is 2.26 bits per heavy atom. The Labute approximate surface area is 161 Å². The van der Waals surface area contributed by atoms with Crippen molar-refractivity contribution in [3.8, 4) is 0 Å². The monoisotopic (exact) mass is 364 g/mol. The molecule has 2 saturated heterocycles. The van der Waals surface area contributed by atoms with Crippen LogP contribution in [0.15, 0.2) is 48.7 Å². The van der Waals surface area contributed by atoms with E-state index in [1.807, 2.05) is 23.1 Å². The van der Waals surface area contributed by atoms with E-state index < -0.39 is 0 Å². The normalized spacial score (nSPS) is 18.6. The Hall–Kier alpha value is -2.56. The van der Waals surface area contributed by atoms with E-state index in [4.69, 9.17) is 0 Å². The molecule has 4 rings (SSSR count). The zero-order chi connectivity index (χ0) is 18.6. The maximum absolute atomic E-state index is 13.0. The lowest BCUT2D eigenvalue weighted by Gasteiger charge is -2.36. The Morgan fingerprint density at radius 2 is 1.56 bits per heavy atom. The third-order valence-corrected chi connectivity index (χ3v) is 5.80. The number of piperazine rings is 1. The average molecular weight is 364 g/mol. The van der Waals surface area contributed by atoms with E-state index in [9.17, 15) is 4.79 Å². The quantitative estimate of drug-likeness (QED) is 0.838. The van der Waals surface area contributed by atoms with Crippen molar-refractivity contribution in [1.82, 2.24) is 9.88 Å². The molecule has 0 bridgehead atoms. The molecule has 0 aliphatic carbocycles. The summed E-state index contributed by atoms with van der Waals surface area (Å²) in [6, 6.07) is 14.4. The fraction of sp³-hybridized carbons (Fsp3) is 0.455. The van der Waals surface area contributed by atoms with Gasteiger partial charge in [0.25, 0.3) is 5.91 Å². The number of benzene rings is 1. The van der Waals surface area contributed by atoms with Crippen LogP contribution >= 0.6 is 0 Å². The molecule has 0 spiro atoms. The van der Waals surface area contributed by atoms with Crippen molar-refractivity contribution >= 4 is 17.3 Å². The van der Waals surface area contributed by atoms with Crippen molar-refractivity contribution in [3.05, 3.63) is 54.4 Å². The number of nitrogens with zero attached hydrogens (tertiary/aromatic N) is 4. The van der Waals surface area contributed by atoms with Gasteiger partial charge < -0.3 is 14.7 Å². The molecule has 1 aromatic heterocycles. The second-order valence-electron chi connectivity index (χ2n) is 7.68. The SMILES string of the molecule is CC1CCN(c2ccnc(C(=O)N3CCN(c4ccccc4)CC3)c2)CC1. The van der Waals surface area contributed by atoms with Gasteiger partial charge >= 0.3 is 0 Å². The van der Waals surface area contributed by atoms with E-state index in [0.29, 0.717) is 5.69 Å². The van der Waals surface area contributed by atoms with Crippen LogP contribution in [0.5, 0.6) is 0 Å². The molecule has 0 atom stereocenters. The largest absolute Gasteiger partial charge is 0.371 e. The summed E-state index contributed by atoms with van der Waals surface area (Å²) in [7, 11) is 0. The minimum absolute atomic E-state index is 0.0509. The number of anilines is 2. The summed E-state index contributed by atoms with van der Waals surface area (Å²) in [5, 5.41) is 0. The van der Waals surface area contributed by atoms with Gasteiger partial charge in [-0.3, -0.25) is 9.78 Å².